The molecule has 4 heteroatoms. The third-order valence-corrected chi connectivity index (χ3v) is 1.42. The highest BCUT2D eigenvalue weighted by Crippen LogP contribution is 2.09. The number of ketones is 1. The third-order valence-electron chi connectivity index (χ3n) is 1.42. The fourth-order valence-corrected chi connectivity index (χ4v) is 0.937. The maximum atomic E-state index is 10.9. The van der Waals surface area contributed by atoms with E-state index in [1.807, 2.05) is 0 Å². The molecule has 10 heavy (non-hydrogen) atoms. The number of hydrogen-bond acceptors (Lipinski definition) is 3. The largest absolute Gasteiger partial charge is 0.286 e. The third kappa shape index (κ3) is 0.586. The van der Waals surface area contributed by atoms with Crippen LogP contribution in [0.2, 0.25) is 0 Å². The summed E-state index contributed by atoms with van der Waals surface area (Å²) in [5.74, 6) is -0.109. The van der Waals surface area contributed by atoms with E-state index in [2.05, 4.69) is 15.2 Å². The van der Waals surface area contributed by atoms with Crippen LogP contribution < -0.4 is 0 Å². The summed E-state index contributed by atoms with van der Waals surface area (Å²) in [6.07, 6.45) is 3.01. The van der Waals surface area contributed by atoms with Crippen LogP contribution in [0.4, 0.5) is 0 Å². The number of fused-ring (bicyclic) bond motifs is 1. The Bertz CT molecular complexity index is 300. The van der Waals surface area contributed by atoms with Crippen molar-refractivity contribution in [2.75, 3.05) is 0 Å². The fourth-order valence-electron chi connectivity index (χ4n) is 0.937. The Kier molecular flexibility index (Phi) is 0.943. The predicted molar refractivity (Wildman–Crippen MR) is 35.1 cm³/mol. The Morgan fingerprint density at radius 1 is 1.60 bits per heavy atom. The molecule has 0 unspecified atom stereocenters. The van der Waals surface area contributed by atoms with E-state index >= 15 is 0 Å². The number of aromatic nitrogens is 2. The Labute approximate surface area is 57.0 Å². The summed E-state index contributed by atoms with van der Waals surface area (Å²) in [6, 6.07) is 0. The van der Waals surface area contributed by atoms with Crippen molar-refractivity contribution < 1.29 is 4.79 Å². The summed E-state index contributed by atoms with van der Waals surface area (Å²) in [4.78, 5) is 14.8. The summed E-state index contributed by atoms with van der Waals surface area (Å²) in [5.41, 5.74) is 1.39. The Morgan fingerprint density at radius 3 is 3.30 bits per heavy atom. The average molecular weight is 135 g/mol. The lowest BCUT2D eigenvalue weighted by molar-refractivity contribution is 0.106. The van der Waals surface area contributed by atoms with Crippen LogP contribution in [0.15, 0.2) is 11.2 Å². The van der Waals surface area contributed by atoms with Crippen LogP contribution in [-0.4, -0.2) is 22.2 Å². The summed E-state index contributed by atoms with van der Waals surface area (Å²) in [6.45, 7) is 0.567. The second-order valence-electron chi connectivity index (χ2n) is 2.09. The topological polar surface area (TPSA) is 58.1 Å². The van der Waals surface area contributed by atoms with Gasteiger partial charge in [-0.2, -0.15) is 5.10 Å². The molecule has 0 bridgehead atoms. The molecule has 0 fully saturated rings. The molecule has 0 radical (unpaired) electrons. The van der Waals surface area contributed by atoms with Gasteiger partial charge < -0.3 is 0 Å². The number of nitrogens with zero attached hydrogens (tertiary/aromatic N) is 2. The molecule has 50 valence electrons. The molecule has 0 saturated carbocycles. The Hall–Kier alpha value is -1.45. The van der Waals surface area contributed by atoms with Gasteiger partial charge in [0.25, 0.3) is 0 Å². The van der Waals surface area contributed by atoms with Gasteiger partial charge in [-0.15, -0.1) is 0 Å². The van der Waals surface area contributed by atoms with Crippen molar-refractivity contribution >= 4 is 12.0 Å². The number of rotatable bonds is 0. The number of carbonyl (C=O) groups is 1. The Balaban J connectivity index is 2.58. The van der Waals surface area contributed by atoms with Crippen LogP contribution in [-0.2, 0) is 6.54 Å². The first-order valence-electron chi connectivity index (χ1n) is 2.95. The minimum absolute atomic E-state index is 0.109. The van der Waals surface area contributed by atoms with Gasteiger partial charge in [0, 0.05) is 11.8 Å². The molecule has 2 rings (SSSR count). The van der Waals surface area contributed by atoms with Crippen LogP contribution in [0.1, 0.15) is 16.1 Å². The van der Waals surface area contributed by atoms with Crippen molar-refractivity contribution in [3.05, 3.63) is 17.5 Å². The van der Waals surface area contributed by atoms with E-state index < -0.39 is 0 Å². The number of Topliss-reactive ketones (excluding diaryl/α,β-unsaturated/α-hetero) is 1. The molecular weight excluding hydrogens is 130 g/mol. The van der Waals surface area contributed by atoms with Crippen molar-refractivity contribution in [1.29, 1.82) is 0 Å². The monoisotopic (exact) mass is 135 g/mol. The molecule has 1 aromatic rings. The summed E-state index contributed by atoms with van der Waals surface area (Å²) < 4.78 is 0. The van der Waals surface area contributed by atoms with Gasteiger partial charge in [0.05, 0.1) is 12.8 Å². The van der Waals surface area contributed by atoms with Crippen LogP contribution in [0, 0.1) is 0 Å². The molecule has 2 heterocycles. The van der Waals surface area contributed by atoms with Crippen molar-refractivity contribution in [3.8, 4) is 0 Å². The first kappa shape index (κ1) is 5.34. The summed E-state index contributed by atoms with van der Waals surface area (Å²) >= 11 is 0. The molecule has 1 aromatic heterocycles. The summed E-state index contributed by atoms with van der Waals surface area (Å²) in [5, 5.41) is 6.39. The van der Waals surface area contributed by atoms with E-state index in [1.165, 1.54) is 6.21 Å². The number of H-pyrrole nitrogens is 1. The molecule has 1 aliphatic rings. The van der Waals surface area contributed by atoms with Gasteiger partial charge in [-0.1, -0.05) is 0 Å². The molecule has 0 saturated heterocycles. The standard InChI is InChI=1S/C6H5N3O/c10-5-3-7-1-4-2-8-9-6(4)5/h2-3H,1H2,(H,8,9). The minimum Gasteiger partial charge on any atom is -0.286 e. The van der Waals surface area contributed by atoms with Crippen LogP contribution >= 0.6 is 0 Å². The normalized spacial score (nSPS) is 15.4. The van der Waals surface area contributed by atoms with Crippen LogP contribution in [0.3, 0.4) is 0 Å². The van der Waals surface area contributed by atoms with E-state index in [1.54, 1.807) is 6.20 Å². The van der Waals surface area contributed by atoms with E-state index in [0.717, 1.165) is 5.56 Å². The van der Waals surface area contributed by atoms with Crippen molar-refractivity contribution in [2.24, 2.45) is 4.99 Å². The number of nitrogens with one attached hydrogen (secondary N) is 1. The van der Waals surface area contributed by atoms with Crippen molar-refractivity contribution in [1.82, 2.24) is 10.2 Å². The van der Waals surface area contributed by atoms with Gasteiger partial charge in [-0.05, 0) is 0 Å². The SMILES string of the molecule is O=C1C=NCc2c[nH]nc21. The molecule has 0 amide bonds. The Morgan fingerprint density at radius 2 is 2.50 bits per heavy atom. The number of aliphatic imine (C=N–C) groups is 1. The lowest BCUT2D eigenvalue weighted by Gasteiger charge is -1.98. The first-order valence-corrected chi connectivity index (χ1v) is 2.95. The molecule has 0 atom stereocenters. The van der Waals surface area contributed by atoms with Gasteiger partial charge in [0.2, 0.25) is 5.78 Å². The van der Waals surface area contributed by atoms with Crippen LogP contribution in [0.5, 0.6) is 0 Å². The van der Waals surface area contributed by atoms with Crippen LogP contribution in [0.25, 0.3) is 0 Å². The summed E-state index contributed by atoms with van der Waals surface area (Å²) in [7, 11) is 0. The highest BCUT2D eigenvalue weighted by molar-refractivity contribution is 6.35. The van der Waals surface area contributed by atoms with Gasteiger partial charge in [-0.3, -0.25) is 14.9 Å². The van der Waals surface area contributed by atoms with E-state index in [-0.39, 0.29) is 5.78 Å². The van der Waals surface area contributed by atoms with E-state index in [4.69, 9.17) is 0 Å². The first-order chi connectivity index (χ1) is 4.88. The highest BCUT2D eigenvalue weighted by Gasteiger charge is 2.15. The predicted octanol–water partition coefficient (Wildman–Crippen LogP) is 0.177. The number of carbonyl (C=O) groups excluding carboxylic acids is 1. The van der Waals surface area contributed by atoms with Gasteiger partial charge in [0.1, 0.15) is 5.69 Å². The molecule has 1 aliphatic heterocycles. The van der Waals surface area contributed by atoms with E-state index in [9.17, 15) is 4.79 Å². The number of hydrogen-bond donors (Lipinski definition) is 1. The second-order valence-corrected chi connectivity index (χ2v) is 2.09. The van der Waals surface area contributed by atoms with E-state index in [0.29, 0.717) is 12.2 Å². The molecule has 0 aromatic carbocycles. The smallest absolute Gasteiger partial charge is 0.224 e. The molecular formula is C6H5N3O. The van der Waals surface area contributed by atoms with Crippen molar-refractivity contribution in [2.45, 2.75) is 6.54 Å². The lowest BCUT2D eigenvalue weighted by atomic mass is 10.1. The molecule has 4 nitrogen and oxygen atoms in total. The van der Waals surface area contributed by atoms with Gasteiger partial charge in [-0.25, -0.2) is 0 Å². The maximum Gasteiger partial charge on any atom is 0.224 e. The minimum atomic E-state index is -0.109. The van der Waals surface area contributed by atoms with Gasteiger partial charge >= 0.3 is 0 Å². The number of aromatic amines is 1. The quantitative estimate of drug-likeness (QED) is 0.551. The highest BCUT2D eigenvalue weighted by atomic mass is 16.1. The maximum absolute atomic E-state index is 10.9. The zero-order chi connectivity index (χ0) is 6.97. The molecule has 0 aliphatic carbocycles. The lowest BCUT2D eigenvalue weighted by Crippen LogP contribution is -2.08. The fraction of sp³-hybridized carbons (Fsp3) is 0.167. The van der Waals surface area contributed by atoms with Gasteiger partial charge in [0.15, 0.2) is 0 Å². The molecule has 0 spiro atoms. The second kappa shape index (κ2) is 1.76. The van der Waals surface area contributed by atoms with Crippen molar-refractivity contribution in [3.63, 3.8) is 0 Å². The zero-order valence-corrected chi connectivity index (χ0v) is 5.16. The molecule has 1 N–H and O–H groups in total. The zero-order valence-electron chi connectivity index (χ0n) is 5.16. The average Bonchev–Trinajstić information content (AvgIpc) is 2.36.